The first-order valence-corrected chi connectivity index (χ1v) is 8.11. The van der Waals surface area contributed by atoms with Gasteiger partial charge in [0.25, 0.3) is 0 Å². The molecule has 2 N–H and O–H groups in total. The first-order chi connectivity index (χ1) is 9.20. The molecule has 0 bridgehead atoms. The predicted molar refractivity (Wildman–Crippen MR) is 79.7 cm³/mol. The van der Waals surface area contributed by atoms with Gasteiger partial charge in [-0.05, 0) is 31.5 Å². The number of nitrogens with zero attached hydrogens (tertiary/aromatic N) is 1. The first-order valence-electron chi connectivity index (χ1n) is 5.87. The molecule has 6 nitrogen and oxygen atoms in total. The summed E-state index contributed by atoms with van der Waals surface area (Å²) in [6, 6.07) is 3.09. The van der Waals surface area contributed by atoms with Crippen LogP contribution in [0, 0.1) is 6.92 Å². The number of hydrogen-bond acceptors (Lipinski definition) is 5. The van der Waals surface area contributed by atoms with Crippen LogP contribution < -0.4 is 5.73 Å². The van der Waals surface area contributed by atoms with E-state index in [1.807, 2.05) is 0 Å². The summed E-state index contributed by atoms with van der Waals surface area (Å²) < 4.78 is 31.1. The van der Waals surface area contributed by atoms with Crippen molar-refractivity contribution < 1.29 is 17.9 Å². The highest BCUT2D eigenvalue weighted by molar-refractivity contribution is 9.10. The van der Waals surface area contributed by atoms with Crippen LogP contribution in [-0.2, 0) is 19.6 Å². The molecule has 1 rings (SSSR count). The van der Waals surface area contributed by atoms with Crippen LogP contribution in [0.25, 0.3) is 0 Å². The standard InChI is InChI=1S/C12H17BrN2O4S/c1-4-19-12(16)7-15(3)20(17,18)11-6-9(13)5-10(14)8(11)2/h5-6H,4,7,14H2,1-3H3. The average Bonchev–Trinajstić information content (AvgIpc) is 2.33. The number of halogens is 1. The number of hydrogen-bond donors (Lipinski definition) is 1. The largest absolute Gasteiger partial charge is 0.465 e. The molecule has 0 radical (unpaired) electrons. The molecule has 0 saturated heterocycles. The molecular formula is C12H17BrN2O4S. The number of nitrogen functional groups attached to an aromatic ring is 1. The number of nitrogens with two attached hydrogens (primary N) is 1. The number of sulfonamides is 1. The molecule has 0 fully saturated rings. The summed E-state index contributed by atoms with van der Waals surface area (Å²) in [6.07, 6.45) is 0. The molecule has 0 aliphatic carbocycles. The topological polar surface area (TPSA) is 89.7 Å². The predicted octanol–water partition coefficient (Wildman–Crippen LogP) is 1.52. The van der Waals surface area contributed by atoms with Crippen molar-refractivity contribution in [3.8, 4) is 0 Å². The third-order valence-electron chi connectivity index (χ3n) is 2.71. The molecule has 1 aromatic rings. The molecular weight excluding hydrogens is 348 g/mol. The van der Waals surface area contributed by atoms with E-state index in [2.05, 4.69) is 15.9 Å². The van der Waals surface area contributed by atoms with E-state index >= 15 is 0 Å². The van der Waals surface area contributed by atoms with Crippen molar-refractivity contribution in [1.82, 2.24) is 4.31 Å². The minimum Gasteiger partial charge on any atom is -0.465 e. The number of carbonyl (C=O) groups is 1. The molecule has 0 spiro atoms. The van der Waals surface area contributed by atoms with Gasteiger partial charge in [-0.2, -0.15) is 4.31 Å². The van der Waals surface area contributed by atoms with Crippen molar-refractivity contribution in [2.75, 3.05) is 25.9 Å². The maximum absolute atomic E-state index is 12.4. The van der Waals surface area contributed by atoms with E-state index < -0.39 is 16.0 Å². The number of benzene rings is 1. The Morgan fingerprint density at radius 1 is 1.45 bits per heavy atom. The van der Waals surface area contributed by atoms with E-state index in [1.165, 1.54) is 13.1 Å². The number of esters is 1. The fourth-order valence-corrected chi connectivity index (χ4v) is 3.60. The maximum Gasteiger partial charge on any atom is 0.321 e. The van der Waals surface area contributed by atoms with E-state index in [1.54, 1.807) is 19.9 Å². The lowest BCUT2D eigenvalue weighted by Crippen LogP contribution is -2.33. The lowest BCUT2D eigenvalue weighted by Gasteiger charge is -2.18. The van der Waals surface area contributed by atoms with Gasteiger partial charge in [0.2, 0.25) is 10.0 Å². The lowest BCUT2D eigenvalue weighted by atomic mass is 10.2. The van der Waals surface area contributed by atoms with Gasteiger partial charge in [-0.3, -0.25) is 4.79 Å². The molecule has 112 valence electrons. The molecule has 20 heavy (non-hydrogen) atoms. The van der Waals surface area contributed by atoms with Gasteiger partial charge in [0.15, 0.2) is 0 Å². The number of likely N-dealkylation sites (N-methyl/N-ethyl adjacent to an activating group) is 1. The summed E-state index contributed by atoms with van der Waals surface area (Å²) in [6.45, 7) is 3.13. The third-order valence-corrected chi connectivity index (χ3v) is 5.10. The summed E-state index contributed by atoms with van der Waals surface area (Å²) in [4.78, 5) is 11.5. The van der Waals surface area contributed by atoms with Crippen LogP contribution in [0.1, 0.15) is 12.5 Å². The quantitative estimate of drug-likeness (QED) is 0.631. The monoisotopic (exact) mass is 364 g/mol. The zero-order valence-corrected chi connectivity index (χ0v) is 13.9. The van der Waals surface area contributed by atoms with E-state index in [0.29, 0.717) is 15.7 Å². The van der Waals surface area contributed by atoms with E-state index in [-0.39, 0.29) is 18.0 Å². The highest BCUT2D eigenvalue weighted by atomic mass is 79.9. The van der Waals surface area contributed by atoms with E-state index in [4.69, 9.17) is 10.5 Å². The van der Waals surface area contributed by atoms with Gasteiger partial charge in [-0.1, -0.05) is 15.9 Å². The van der Waals surface area contributed by atoms with Crippen LogP contribution in [0.3, 0.4) is 0 Å². The molecule has 8 heteroatoms. The van der Waals surface area contributed by atoms with Gasteiger partial charge in [-0.25, -0.2) is 8.42 Å². The molecule has 0 aliphatic heterocycles. The van der Waals surface area contributed by atoms with Gasteiger partial charge < -0.3 is 10.5 Å². The molecule has 0 saturated carbocycles. The number of carbonyl (C=O) groups excluding carboxylic acids is 1. The van der Waals surface area contributed by atoms with Crippen LogP contribution in [0.4, 0.5) is 5.69 Å². The van der Waals surface area contributed by atoms with Crippen molar-refractivity contribution in [2.24, 2.45) is 0 Å². The van der Waals surface area contributed by atoms with Crippen molar-refractivity contribution in [1.29, 1.82) is 0 Å². The Balaban J connectivity index is 3.14. The molecule has 0 unspecified atom stereocenters. The van der Waals surface area contributed by atoms with Gasteiger partial charge >= 0.3 is 5.97 Å². The Kier molecular flexibility index (Phi) is 5.55. The third kappa shape index (κ3) is 3.71. The van der Waals surface area contributed by atoms with Crippen molar-refractivity contribution in [2.45, 2.75) is 18.7 Å². The fourth-order valence-electron chi connectivity index (χ4n) is 1.58. The summed E-state index contributed by atoms with van der Waals surface area (Å²) in [5, 5.41) is 0. The highest BCUT2D eigenvalue weighted by Gasteiger charge is 2.26. The number of rotatable bonds is 5. The Bertz CT molecular complexity index is 616. The molecule has 0 amide bonds. The SMILES string of the molecule is CCOC(=O)CN(C)S(=O)(=O)c1cc(Br)cc(N)c1C. The van der Waals surface area contributed by atoms with Crippen molar-refractivity contribution >= 4 is 37.6 Å². The second-order valence-corrected chi connectivity index (χ2v) is 7.11. The zero-order valence-electron chi connectivity index (χ0n) is 11.5. The second kappa shape index (κ2) is 6.55. The van der Waals surface area contributed by atoms with Crippen LogP contribution in [0.15, 0.2) is 21.5 Å². The van der Waals surface area contributed by atoms with Crippen LogP contribution in [0.2, 0.25) is 0 Å². The number of ether oxygens (including phenoxy) is 1. The molecule has 0 aromatic heterocycles. The fraction of sp³-hybridized carbons (Fsp3) is 0.417. The van der Waals surface area contributed by atoms with E-state index in [9.17, 15) is 13.2 Å². The van der Waals surface area contributed by atoms with Crippen LogP contribution >= 0.6 is 15.9 Å². The minimum absolute atomic E-state index is 0.0659. The van der Waals surface area contributed by atoms with Crippen molar-refractivity contribution in [3.05, 3.63) is 22.2 Å². The Hall–Kier alpha value is -1.12. The summed E-state index contributed by atoms with van der Waals surface area (Å²) in [7, 11) is -2.48. The normalized spacial score (nSPS) is 11.7. The Morgan fingerprint density at radius 3 is 2.60 bits per heavy atom. The van der Waals surface area contributed by atoms with E-state index in [0.717, 1.165) is 4.31 Å². The average molecular weight is 365 g/mol. The molecule has 0 aliphatic rings. The van der Waals surface area contributed by atoms with Crippen LogP contribution in [0.5, 0.6) is 0 Å². The highest BCUT2D eigenvalue weighted by Crippen LogP contribution is 2.28. The second-order valence-electron chi connectivity index (χ2n) is 4.18. The van der Waals surface area contributed by atoms with Crippen molar-refractivity contribution in [3.63, 3.8) is 0 Å². The summed E-state index contributed by atoms with van der Waals surface area (Å²) in [5.74, 6) is -0.598. The summed E-state index contributed by atoms with van der Waals surface area (Å²) >= 11 is 3.21. The smallest absolute Gasteiger partial charge is 0.321 e. The Labute approximate surface area is 127 Å². The Morgan fingerprint density at radius 2 is 2.05 bits per heavy atom. The first kappa shape index (κ1) is 16.9. The summed E-state index contributed by atoms with van der Waals surface area (Å²) in [5.41, 5.74) is 6.57. The molecule has 1 aromatic carbocycles. The van der Waals surface area contributed by atoms with Crippen LogP contribution in [-0.4, -0.2) is 38.9 Å². The maximum atomic E-state index is 12.4. The molecule has 0 heterocycles. The van der Waals surface area contributed by atoms with Gasteiger partial charge in [0, 0.05) is 17.2 Å². The number of anilines is 1. The lowest BCUT2D eigenvalue weighted by molar-refractivity contribution is -0.143. The zero-order chi connectivity index (χ0) is 15.5. The van der Waals surface area contributed by atoms with Gasteiger partial charge in [0.05, 0.1) is 11.5 Å². The minimum atomic E-state index is -3.81. The van der Waals surface area contributed by atoms with Gasteiger partial charge in [-0.15, -0.1) is 0 Å². The molecule has 0 atom stereocenters. The van der Waals surface area contributed by atoms with Gasteiger partial charge in [0.1, 0.15) is 6.54 Å².